The molecule has 5 heteroatoms. The highest BCUT2D eigenvalue weighted by Gasteiger charge is 2.07. The van der Waals surface area contributed by atoms with Gasteiger partial charge in [-0.05, 0) is 12.1 Å². The van der Waals surface area contributed by atoms with Crippen LogP contribution in [-0.2, 0) is 0 Å². The van der Waals surface area contributed by atoms with Crippen LogP contribution in [-0.4, -0.2) is 17.7 Å². The van der Waals surface area contributed by atoms with Crippen LogP contribution in [0.3, 0.4) is 0 Å². The minimum atomic E-state index is -1.09. The number of carbonyl (C=O) groups is 1. The number of anilines is 1. The van der Waals surface area contributed by atoms with Crippen molar-refractivity contribution in [2.45, 2.75) is 0 Å². The number of nitrogens with two attached hydrogens (primary N) is 1. The van der Waals surface area contributed by atoms with Gasteiger partial charge in [-0.3, -0.25) is 0 Å². The summed E-state index contributed by atoms with van der Waals surface area (Å²) in [4.78, 5) is 10.6. The van der Waals surface area contributed by atoms with Crippen molar-refractivity contribution >= 4 is 11.7 Å². The normalized spacial score (nSPS) is 9.07. The predicted octanol–water partition coefficient (Wildman–Crippen LogP) is 0.869. The third-order valence-electron chi connectivity index (χ3n) is 1.56. The number of carboxylic acid groups (broad SMARTS) is 1. The topological polar surface area (TPSA) is 96.3 Å². The van der Waals surface area contributed by atoms with E-state index in [-0.39, 0.29) is 17.9 Å². The van der Waals surface area contributed by atoms with Crippen molar-refractivity contribution in [1.82, 2.24) is 0 Å². The Morgan fingerprint density at radius 3 is 2.86 bits per heavy atom. The van der Waals surface area contributed by atoms with Gasteiger partial charge in [0.15, 0.2) is 6.61 Å². The monoisotopic (exact) mass is 192 g/mol. The molecular formula is C9H8N2O3. The van der Waals surface area contributed by atoms with Gasteiger partial charge in [0.25, 0.3) is 0 Å². The van der Waals surface area contributed by atoms with Gasteiger partial charge in [0.05, 0.1) is 5.56 Å². The minimum absolute atomic E-state index is 0.0225. The Bertz CT molecular complexity index is 396. The Kier molecular flexibility index (Phi) is 2.92. The summed E-state index contributed by atoms with van der Waals surface area (Å²) in [6, 6.07) is 5.96. The molecule has 0 unspecified atom stereocenters. The molecule has 0 heterocycles. The van der Waals surface area contributed by atoms with Gasteiger partial charge in [-0.15, -0.1) is 0 Å². The van der Waals surface area contributed by atoms with Gasteiger partial charge < -0.3 is 15.6 Å². The SMILES string of the molecule is N#CCOc1ccc(C(=O)O)c(N)c1. The molecule has 0 radical (unpaired) electrons. The maximum Gasteiger partial charge on any atom is 0.337 e. The van der Waals surface area contributed by atoms with Crippen molar-refractivity contribution in [3.63, 3.8) is 0 Å². The standard InChI is InChI=1S/C9H8N2O3/c10-3-4-14-6-1-2-7(9(12)13)8(11)5-6/h1-2,5H,4,11H2,(H,12,13). The number of nitriles is 1. The van der Waals surface area contributed by atoms with Gasteiger partial charge in [0.2, 0.25) is 0 Å². The highest BCUT2D eigenvalue weighted by molar-refractivity contribution is 5.93. The van der Waals surface area contributed by atoms with E-state index in [4.69, 9.17) is 20.8 Å². The second-order valence-corrected chi connectivity index (χ2v) is 2.50. The molecule has 1 aromatic carbocycles. The fourth-order valence-electron chi connectivity index (χ4n) is 0.941. The zero-order valence-corrected chi connectivity index (χ0v) is 7.23. The van der Waals surface area contributed by atoms with E-state index in [2.05, 4.69) is 0 Å². The Hall–Kier alpha value is -2.22. The summed E-state index contributed by atoms with van der Waals surface area (Å²) in [5.41, 5.74) is 5.59. The second kappa shape index (κ2) is 4.14. The van der Waals surface area contributed by atoms with Gasteiger partial charge in [-0.1, -0.05) is 0 Å². The first-order chi connectivity index (χ1) is 6.65. The number of carboxylic acids is 1. The summed E-state index contributed by atoms with van der Waals surface area (Å²) in [6.45, 7) is -0.0914. The van der Waals surface area contributed by atoms with Crippen LogP contribution >= 0.6 is 0 Å². The molecule has 0 bridgehead atoms. The number of benzene rings is 1. The first-order valence-electron chi connectivity index (χ1n) is 3.77. The molecule has 0 aliphatic carbocycles. The van der Waals surface area contributed by atoms with E-state index in [0.29, 0.717) is 5.75 Å². The number of rotatable bonds is 3. The molecule has 14 heavy (non-hydrogen) atoms. The molecule has 5 nitrogen and oxygen atoms in total. The van der Waals surface area contributed by atoms with Crippen LogP contribution in [0.4, 0.5) is 5.69 Å². The first-order valence-corrected chi connectivity index (χ1v) is 3.77. The van der Waals surface area contributed by atoms with Crippen molar-refractivity contribution in [3.05, 3.63) is 23.8 Å². The maximum atomic E-state index is 10.6. The summed E-state index contributed by atoms with van der Waals surface area (Å²) < 4.78 is 4.94. The molecule has 1 aromatic rings. The number of nitrogen functional groups attached to an aromatic ring is 1. The molecule has 0 aliphatic heterocycles. The van der Waals surface area contributed by atoms with Crippen LogP contribution in [0.2, 0.25) is 0 Å². The minimum Gasteiger partial charge on any atom is -0.479 e. The highest BCUT2D eigenvalue weighted by Crippen LogP contribution is 2.19. The van der Waals surface area contributed by atoms with Gasteiger partial charge in [0, 0.05) is 11.8 Å². The molecule has 0 aromatic heterocycles. The summed E-state index contributed by atoms with van der Waals surface area (Å²) in [5, 5.41) is 16.9. The maximum absolute atomic E-state index is 10.6. The third-order valence-corrected chi connectivity index (χ3v) is 1.56. The summed E-state index contributed by atoms with van der Waals surface area (Å²) in [5.74, 6) is -0.705. The van der Waals surface area contributed by atoms with E-state index in [1.54, 1.807) is 6.07 Å². The quantitative estimate of drug-likeness (QED) is 0.692. The van der Waals surface area contributed by atoms with Crippen LogP contribution in [0.5, 0.6) is 5.75 Å². The largest absolute Gasteiger partial charge is 0.479 e. The molecule has 0 saturated heterocycles. The highest BCUT2D eigenvalue weighted by atomic mass is 16.5. The lowest BCUT2D eigenvalue weighted by molar-refractivity contribution is 0.0698. The Morgan fingerprint density at radius 2 is 2.36 bits per heavy atom. The predicted molar refractivity (Wildman–Crippen MR) is 48.9 cm³/mol. The van der Waals surface area contributed by atoms with Crippen molar-refractivity contribution in [3.8, 4) is 11.8 Å². The van der Waals surface area contributed by atoms with Crippen molar-refractivity contribution in [2.75, 3.05) is 12.3 Å². The van der Waals surface area contributed by atoms with Crippen LogP contribution in [0.15, 0.2) is 18.2 Å². The second-order valence-electron chi connectivity index (χ2n) is 2.50. The van der Waals surface area contributed by atoms with Crippen LogP contribution in [0, 0.1) is 11.3 Å². The van der Waals surface area contributed by atoms with Gasteiger partial charge >= 0.3 is 5.97 Å². The molecule has 0 fully saturated rings. The van der Waals surface area contributed by atoms with Crippen molar-refractivity contribution < 1.29 is 14.6 Å². The molecule has 0 atom stereocenters. The van der Waals surface area contributed by atoms with E-state index in [9.17, 15) is 4.79 Å². The van der Waals surface area contributed by atoms with Crippen LogP contribution in [0.25, 0.3) is 0 Å². The van der Waals surface area contributed by atoms with Crippen molar-refractivity contribution in [1.29, 1.82) is 5.26 Å². The third kappa shape index (κ3) is 2.14. The Balaban J connectivity index is 2.90. The number of hydrogen-bond donors (Lipinski definition) is 2. The molecule has 0 saturated carbocycles. The molecular weight excluding hydrogens is 184 g/mol. The first kappa shape index (κ1) is 9.86. The van der Waals surface area contributed by atoms with E-state index >= 15 is 0 Å². The Labute approximate surface area is 80.3 Å². The van der Waals surface area contributed by atoms with Gasteiger partial charge in [0.1, 0.15) is 11.8 Å². The smallest absolute Gasteiger partial charge is 0.337 e. The number of aromatic carboxylic acids is 1. The fraction of sp³-hybridized carbons (Fsp3) is 0.111. The van der Waals surface area contributed by atoms with E-state index in [1.807, 2.05) is 0 Å². The van der Waals surface area contributed by atoms with Crippen LogP contribution < -0.4 is 10.5 Å². The van der Waals surface area contributed by atoms with E-state index in [0.717, 1.165) is 0 Å². The number of hydrogen-bond acceptors (Lipinski definition) is 4. The number of ether oxygens (including phenoxy) is 1. The van der Waals surface area contributed by atoms with Crippen LogP contribution in [0.1, 0.15) is 10.4 Å². The molecule has 0 amide bonds. The van der Waals surface area contributed by atoms with Crippen molar-refractivity contribution in [2.24, 2.45) is 0 Å². The molecule has 0 spiro atoms. The zero-order chi connectivity index (χ0) is 10.6. The molecule has 3 N–H and O–H groups in total. The van der Waals surface area contributed by atoms with Gasteiger partial charge in [-0.2, -0.15) is 5.26 Å². The number of nitrogens with zero attached hydrogens (tertiary/aromatic N) is 1. The summed E-state index contributed by atoms with van der Waals surface area (Å²) >= 11 is 0. The van der Waals surface area contributed by atoms with E-state index < -0.39 is 5.97 Å². The summed E-state index contributed by atoms with van der Waals surface area (Å²) in [7, 11) is 0. The molecule has 0 aliphatic rings. The zero-order valence-electron chi connectivity index (χ0n) is 7.23. The average Bonchev–Trinajstić information content (AvgIpc) is 2.14. The van der Waals surface area contributed by atoms with Gasteiger partial charge in [-0.25, -0.2) is 4.79 Å². The fourth-order valence-corrected chi connectivity index (χ4v) is 0.941. The average molecular weight is 192 g/mol. The molecule has 72 valence electrons. The Morgan fingerprint density at radius 1 is 1.64 bits per heavy atom. The van der Waals surface area contributed by atoms with E-state index in [1.165, 1.54) is 18.2 Å². The lowest BCUT2D eigenvalue weighted by Gasteiger charge is -2.04. The summed E-state index contributed by atoms with van der Waals surface area (Å²) in [6.07, 6.45) is 0. The lowest BCUT2D eigenvalue weighted by Crippen LogP contribution is -2.03. The lowest BCUT2D eigenvalue weighted by atomic mass is 10.2. The molecule has 1 rings (SSSR count).